The molecule has 1 aliphatic rings. The summed E-state index contributed by atoms with van der Waals surface area (Å²) in [5, 5.41) is 6.10. The van der Waals surface area contributed by atoms with E-state index >= 15 is 0 Å². The second-order valence-electron chi connectivity index (χ2n) is 9.58. The molecule has 0 nitrogen and oxygen atoms in total. The third-order valence-corrected chi connectivity index (χ3v) is 12.8. The van der Waals surface area contributed by atoms with Gasteiger partial charge in [-0.25, -0.2) is 0 Å². The monoisotopic (exact) mass is 480 g/mol. The first-order chi connectivity index (χ1) is 16.8. The largest absolute Gasteiger partial charge is 0.0622 e. The Morgan fingerprint density at radius 2 is 0.706 bits per heavy atom. The van der Waals surface area contributed by atoms with E-state index in [2.05, 4.69) is 121 Å². The molecule has 0 radical (unpaired) electrons. The topological polar surface area (TPSA) is 0 Å². The molecule has 0 aromatic heterocycles. The van der Waals surface area contributed by atoms with Gasteiger partial charge in [0.1, 0.15) is 0 Å². The molecule has 0 bridgehead atoms. The van der Waals surface area contributed by atoms with Gasteiger partial charge in [0.15, 0.2) is 0 Å². The van der Waals surface area contributed by atoms with E-state index in [4.69, 9.17) is 0 Å². The molecular weight excluding hydrogens is 446 g/mol. The van der Waals surface area contributed by atoms with Crippen LogP contribution < -0.4 is 21.2 Å². The van der Waals surface area contributed by atoms with Crippen molar-refractivity contribution in [3.05, 3.63) is 121 Å². The smallest absolute Gasteiger partial charge is 0.0185 e. The first kappa shape index (κ1) is 23.5. The minimum absolute atomic E-state index is 0.380. The Morgan fingerprint density at radius 3 is 1.00 bits per heavy atom. The van der Waals surface area contributed by atoms with Gasteiger partial charge in [0.05, 0.1) is 0 Å². The van der Waals surface area contributed by atoms with Crippen molar-refractivity contribution in [3.63, 3.8) is 0 Å². The number of rotatable bonds is 8. The fourth-order valence-corrected chi connectivity index (χ4v) is 11.3. The maximum absolute atomic E-state index is 2.37. The lowest BCUT2D eigenvalue weighted by Crippen LogP contribution is -2.36. The van der Waals surface area contributed by atoms with Crippen LogP contribution in [0.4, 0.5) is 0 Å². The van der Waals surface area contributed by atoms with Crippen molar-refractivity contribution in [2.24, 2.45) is 5.41 Å². The maximum Gasteiger partial charge on any atom is -0.0185 e. The number of benzene rings is 4. The lowest BCUT2D eigenvalue weighted by molar-refractivity contribution is 0.256. The molecule has 1 fully saturated rings. The van der Waals surface area contributed by atoms with E-state index in [1.807, 2.05) is 0 Å². The molecule has 4 aromatic carbocycles. The van der Waals surface area contributed by atoms with Crippen LogP contribution in [0.15, 0.2) is 121 Å². The van der Waals surface area contributed by atoms with E-state index < -0.39 is 0 Å². The van der Waals surface area contributed by atoms with Gasteiger partial charge < -0.3 is 0 Å². The first-order valence-corrected chi connectivity index (χ1v) is 15.6. The molecule has 0 amide bonds. The highest BCUT2D eigenvalue weighted by Crippen LogP contribution is 2.53. The van der Waals surface area contributed by atoms with Crippen LogP contribution in [0.5, 0.6) is 0 Å². The zero-order chi connectivity index (χ0) is 23.1. The zero-order valence-electron chi connectivity index (χ0n) is 19.9. The predicted octanol–water partition coefficient (Wildman–Crippen LogP) is 7.20. The average Bonchev–Trinajstić information content (AvgIpc) is 2.93. The number of hydrogen-bond acceptors (Lipinski definition) is 0. The molecule has 4 aromatic rings. The third kappa shape index (κ3) is 5.68. The maximum atomic E-state index is 2.37. The van der Waals surface area contributed by atoms with Crippen molar-refractivity contribution >= 4 is 37.1 Å². The molecule has 0 unspecified atom stereocenters. The predicted molar refractivity (Wildman–Crippen MR) is 153 cm³/mol. The van der Waals surface area contributed by atoms with Gasteiger partial charge in [-0.3, -0.25) is 0 Å². The Labute approximate surface area is 208 Å². The van der Waals surface area contributed by atoms with Gasteiger partial charge in [0.25, 0.3) is 0 Å². The molecule has 0 saturated heterocycles. The average molecular weight is 481 g/mol. The molecule has 0 atom stereocenters. The van der Waals surface area contributed by atoms with Crippen LogP contribution in [0.2, 0.25) is 0 Å². The molecule has 34 heavy (non-hydrogen) atoms. The fraction of sp³-hybridized carbons (Fsp3) is 0.250. The van der Waals surface area contributed by atoms with Crippen molar-refractivity contribution in [1.82, 2.24) is 0 Å². The van der Waals surface area contributed by atoms with Crippen LogP contribution in [0.25, 0.3) is 0 Å². The van der Waals surface area contributed by atoms with Gasteiger partial charge in [-0.05, 0) is 67.6 Å². The van der Waals surface area contributed by atoms with Gasteiger partial charge in [-0.2, -0.15) is 0 Å². The summed E-state index contributed by atoms with van der Waals surface area (Å²) < 4.78 is 0. The summed E-state index contributed by atoms with van der Waals surface area (Å²) in [7, 11) is -0.761. The van der Waals surface area contributed by atoms with Crippen molar-refractivity contribution in [2.75, 3.05) is 12.3 Å². The van der Waals surface area contributed by atoms with Gasteiger partial charge in [0, 0.05) is 0 Å². The summed E-state index contributed by atoms with van der Waals surface area (Å²) in [6.07, 6.45) is 9.47. The molecule has 1 saturated carbocycles. The molecular formula is C32H34P2. The SMILES string of the molecule is c1ccc(P(CC2(CP(c3ccccc3)c3ccccc3)CCCCC2)c2ccccc2)cc1. The molecule has 1 aliphatic carbocycles. The van der Waals surface area contributed by atoms with Crippen molar-refractivity contribution in [2.45, 2.75) is 32.1 Å². The van der Waals surface area contributed by atoms with Gasteiger partial charge in [-0.1, -0.05) is 141 Å². The Kier molecular flexibility index (Phi) is 7.90. The van der Waals surface area contributed by atoms with Crippen LogP contribution in [-0.2, 0) is 0 Å². The molecule has 0 spiro atoms. The second kappa shape index (κ2) is 11.4. The summed E-state index contributed by atoms with van der Waals surface area (Å²) >= 11 is 0. The minimum atomic E-state index is -0.380. The highest BCUT2D eigenvalue weighted by molar-refractivity contribution is 7.74. The molecule has 0 N–H and O–H groups in total. The molecule has 5 rings (SSSR count). The van der Waals surface area contributed by atoms with E-state index in [-0.39, 0.29) is 15.8 Å². The van der Waals surface area contributed by atoms with Gasteiger partial charge in [0.2, 0.25) is 0 Å². The van der Waals surface area contributed by atoms with E-state index in [0.29, 0.717) is 5.41 Å². The highest BCUT2D eigenvalue weighted by Gasteiger charge is 2.38. The lowest BCUT2D eigenvalue weighted by Gasteiger charge is -2.43. The standard InChI is InChI=1S/C32H34P2/c1-6-16-28(17-7-1)33(29-18-8-2-9-19-29)26-32(24-14-5-15-25-32)27-34(30-20-10-3-11-21-30)31-22-12-4-13-23-31/h1-4,6-13,16-23H,5,14-15,24-27H2. The quantitative estimate of drug-likeness (QED) is 0.234. The highest BCUT2D eigenvalue weighted by atomic mass is 31.1. The van der Waals surface area contributed by atoms with Crippen molar-refractivity contribution in [3.8, 4) is 0 Å². The Balaban J connectivity index is 1.53. The normalized spacial score (nSPS) is 15.5. The Morgan fingerprint density at radius 1 is 0.412 bits per heavy atom. The summed E-state index contributed by atoms with van der Waals surface area (Å²) in [5.41, 5.74) is 0.396. The van der Waals surface area contributed by atoms with Crippen molar-refractivity contribution in [1.29, 1.82) is 0 Å². The minimum Gasteiger partial charge on any atom is -0.0622 e. The van der Waals surface area contributed by atoms with Crippen LogP contribution in [0.1, 0.15) is 32.1 Å². The third-order valence-electron chi connectivity index (χ3n) is 7.17. The molecule has 0 heterocycles. The van der Waals surface area contributed by atoms with Crippen molar-refractivity contribution < 1.29 is 0 Å². The molecule has 2 heteroatoms. The van der Waals surface area contributed by atoms with E-state index in [1.54, 1.807) is 0 Å². The zero-order valence-corrected chi connectivity index (χ0v) is 21.7. The number of hydrogen-bond donors (Lipinski definition) is 0. The van der Waals surface area contributed by atoms with Crippen LogP contribution >= 0.6 is 15.8 Å². The summed E-state index contributed by atoms with van der Waals surface area (Å²) in [6, 6.07) is 45.4. The van der Waals surface area contributed by atoms with E-state index in [0.717, 1.165) is 0 Å². The lowest BCUT2D eigenvalue weighted by atomic mass is 9.77. The second-order valence-corrected chi connectivity index (χ2v) is 14.0. The molecule has 172 valence electrons. The summed E-state index contributed by atoms with van der Waals surface area (Å²) in [6.45, 7) is 0. The Hall–Kier alpha value is -2.26. The fourth-order valence-electron chi connectivity index (χ4n) is 5.43. The van der Waals surface area contributed by atoms with Gasteiger partial charge >= 0.3 is 0 Å². The summed E-state index contributed by atoms with van der Waals surface area (Å²) in [4.78, 5) is 0. The summed E-state index contributed by atoms with van der Waals surface area (Å²) in [5.74, 6) is 0. The van der Waals surface area contributed by atoms with Crippen LogP contribution in [-0.4, -0.2) is 12.3 Å². The van der Waals surface area contributed by atoms with Crippen LogP contribution in [0, 0.1) is 5.41 Å². The van der Waals surface area contributed by atoms with Crippen LogP contribution in [0.3, 0.4) is 0 Å². The molecule has 0 aliphatic heterocycles. The van der Waals surface area contributed by atoms with E-state index in [9.17, 15) is 0 Å². The van der Waals surface area contributed by atoms with Gasteiger partial charge in [-0.15, -0.1) is 0 Å². The Bertz CT molecular complexity index is 955. The van der Waals surface area contributed by atoms with E-state index in [1.165, 1.54) is 65.6 Å². The first-order valence-electron chi connectivity index (χ1n) is 12.6.